The highest BCUT2D eigenvalue weighted by Gasteiger charge is 2.31. The van der Waals surface area contributed by atoms with Gasteiger partial charge in [0.25, 0.3) is 0 Å². The Labute approximate surface area is 205 Å². The van der Waals surface area contributed by atoms with Crippen molar-refractivity contribution in [3.05, 3.63) is 65.7 Å². The van der Waals surface area contributed by atoms with Crippen molar-refractivity contribution in [1.29, 1.82) is 0 Å². The van der Waals surface area contributed by atoms with E-state index in [0.717, 1.165) is 38.2 Å². The fourth-order valence-corrected chi connectivity index (χ4v) is 4.55. The zero-order chi connectivity index (χ0) is 23.2. The quantitative estimate of drug-likeness (QED) is 0.420. The van der Waals surface area contributed by atoms with E-state index in [-0.39, 0.29) is 54.8 Å². The van der Waals surface area contributed by atoms with Crippen LogP contribution < -0.4 is 0 Å². The molecule has 7 nitrogen and oxygen atoms in total. The summed E-state index contributed by atoms with van der Waals surface area (Å²) in [6, 6.07) is 11.4. The summed E-state index contributed by atoms with van der Waals surface area (Å²) in [5, 5.41) is 0. The number of ketones is 1. The maximum absolute atomic E-state index is 13.1. The lowest BCUT2D eigenvalue weighted by Gasteiger charge is -2.34. The van der Waals surface area contributed by atoms with Crippen molar-refractivity contribution >= 4 is 30.0 Å². The van der Waals surface area contributed by atoms with Crippen molar-refractivity contribution in [3.8, 4) is 0 Å². The number of carbonyl (C=O) groups excluding carboxylic acids is 3. The molecule has 0 bridgehead atoms. The highest BCUT2D eigenvalue weighted by atomic mass is 35.5. The molecule has 2 amide bonds. The molecule has 0 radical (unpaired) electrons. The number of hydrogen-bond donors (Lipinski definition) is 0. The predicted molar refractivity (Wildman–Crippen MR) is 128 cm³/mol. The van der Waals surface area contributed by atoms with Crippen molar-refractivity contribution in [1.82, 2.24) is 19.7 Å². The second-order valence-corrected chi connectivity index (χ2v) is 8.75. The number of piperidine rings is 1. The Balaban J connectivity index is 0.00000324. The van der Waals surface area contributed by atoms with Gasteiger partial charge in [-0.2, -0.15) is 0 Å². The van der Waals surface area contributed by atoms with Crippen LogP contribution in [0.2, 0.25) is 0 Å². The van der Waals surface area contributed by atoms with Gasteiger partial charge in [0.1, 0.15) is 5.82 Å². The number of Topliss-reactive ketones (excluding diaryl/α,β-unsaturated/α-hetero) is 1. The minimum absolute atomic E-state index is 0. The van der Waals surface area contributed by atoms with Crippen LogP contribution in [0.3, 0.4) is 0 Å². The Hall–Kier alpha value is -2.68. The number of halogens is 2. The number of aromatic nitrogens is 1. The second kappa shape index (κ2) is 12.1. The van der Waals surface area contributed by atoms with E-state index < -0.39 is 0 Å². The third-order valence-corrected chi connectivity index (χ3v) is 6.37. The first kappa shape index (κ1) is 25.9. The van der Waals surface area contributed by atoms with Crippen molar-refractivity contribution in [2.75, 3.05) is 39.3 Å². The van der Waals surface area contributed by atoms with Gasteiger partial charge in [-0.05, 0) is 75.3 Å². The molecular weight excluding hydrogens is 459 g/mol. The van der Waals surface area contributed by atoms with Gasteiger partial charge in [-0.25, -0.2) is 4.39 Å². The van der Waals surface area contributed by atoms with Crippen molar-refractivity contribution in [2.24, 2.45) is 5.92 Å². The number of hydrogen-bond acceptors (Lipinski definition) is 6. The molecular formula is C25H30ClFN4O3. The molecule has 3 heterocycles. The maximum atomic E-state index is 13.1. The van der Waals surface area contributed by atoms with Crippen LogP contribution >= 0.6 is 12.4 Å². The van der Waals surface area contributed by atoms with Crippen molar-refractivity contribution < 1.29 is 18.8 Å². The van der Waals surface area contributed by atoms with Gasteiger partial charge in [0.15, 0.2) is 5.78 Å². The Morgan fingerprint density at radius 1 is 0.941 bits per heavy atom. The number of pyridine rings is 1. The summed E-state index contributed by atoms with van der Waals surface area (Å²) in [5.74, 6) is -0.624. The number of rotatable bonds is 8. The Morgan fingerprint density at radius 2 is 1.62 bits per heavy atom. The van der Waals surface area contributed by atoms with E-state index in [4.69, 9.17) is 0 Å². The third-order valence-electron chi connectivity index (χ3n) is 6.37. The molecule has 1 aromatic carbocycles. The number of likely N-dealkylation sites (tertiary alicyclic amines) is 1. The summed E-state index contributed by atoms with van der Waals surface area (Å²) in [6.07, 6.45) is 3.95. The molecule has 9 heteroatoms. The normalized spacial score (nSPS) is 18.1. The largest absolute Gasteiger partial charge is 0.303 e. The topological polar surface area (TPSA) is 73.8 Å². The monoisotopic (exact) mass is 488 g/mol. The molecule has 0 atom stereocenters. The van der Waals surface area contributed by atoms with E-state index in [9.17, 15) is 18.8 Å². The molecule has 0 spiro atoms. The smallest absolute Gasteiger partial charge is 0.243 e. The van der Waals surface area contributed by atoms with Gasteiger partial charge in [0.05, 0.1) is 18.8 Å². The number of amides is 2. The van der Waals surface area contributed by atoms with Gasteiger partial charge < -0.3 is 4.90 Å². The number of nitrogens with zero attached hydrogens (tertiary/aromatic N) is 4. The highest BCUT2D eigenvalue weighted by Crippen LogP contribution is 2.22. The first-order chi connectivity index (χ1) is 16.0. The first-order valence-electron chi connectivity index (χ1n) is 11.5. The summed E-state index contributed by atoms with van der Waals surface area (Å²) in [7, 11) is 0. The minimum Gasteiger partial charge on any atom is -0.303 e. The SMILES string of the molecule is Cl.O=C(c1ccc(F)cc1)C1CCN(CCCN2C(=O)CN(Cc3ccccn3)CC2=O)CC1. The maximum Gasteiger partial charge on any atom is 0.243 e. The Kier molecular flexibility index (Phi) is 9.27. The standard InChI is InChI=1S/C25H29FN4O3.ClH/c26-21-7-5-19(6-8-21)25(33)20-9-14-28(15-10-20)12-3-13-30-23(31)17-29(18-24(30)32)16-22-4-1-2-11-27-22;/h1-2,4-8,11,20H,3,9-10,12-18H2;1H. The molecule has 0 unspecified atom stereocenters. The molecule has 0 aliphatic carbocycles. The fraction of sp³-hybridized carbons (Fsp3) is 0.440. The molecule has 182 valence electrons. The van der Waals surface area contributed by atoms with E-state index in [1.54, 1.807) is 18.3 Å². The molecule has 2 saturated heterocycles. The van der Waals surface area contributed by atoms with Gasteiger partial charge >= 0.3 is 0 Å². The van der Waals surface area contributed by atoms with Gasteiger partial charge in [-0.3, -0.25) is 29.2 Å². The third kappa shape index (κ3) is 6.68. The molecule has 4 rings (SSSR count). The summed E-state index contributed by atoms with van der Waals surface area (Å²) in [5.41, 5.74) is 1.40. The summed E-state index contributed by atoms with van der Waals surface area (Å²) < 4.78 is 13.1. The zero-order valence-electron chi connectivity index (χ0n) is 19.1. The summed E-state index contributed by atoms with van der Waals surface area (Å²) in [6.45, 7) is 3.74. The Morgan fingerprint density at radius 3 is 2.24 bits per heavy atom. The van der Waals surface area contributed by atoms with Crippen LogP contribution in [0.4, 0.5) is 4.39 Å². The second-order valence-electron chi connectivity index (χ2n) is 8.75. The van der Waals surface area contributed by atoms with E-state index in [1.807, 2.05) is 23.1 Å². The van der Waals surface area contributed by atoms with Crippen LogP contribution in [0, 0.1) is 11.7 Å². The number of imide groups is 1. The van der Waals surface area contributed by atoms with Gasteiger partial charge in [-0.1, -0.05) is 6.07 Å². The summed E-state index contributed by atoms with van der Waals surface area (Å²) in [4.78, 5) is 47.4. The van der Waals surface area contributed by atoms with E-state index in [2.05, 4.69) is 9.88 Å². The van der Waals surface area contributed by atoms with E-state index >= 15 is 0 Å². The molecule has 2 aliphatic rings. The molecule has 2 aliphatic heterocycles. The number of carbonyl (C=O) groups is 3. The van der Waals surface area contributed by atoms with Gasteiger partial charge in [0.2, 0.25) is 11.8 Å². The van der Waals surface area contributed by atoms with Crippen LogP contribution in [0.15, 0.2) is 48.7 Å². The van der Waals surface area contributed by atoms with Crippen molar-refractivity contribution in [3.63, 3.8) is 0 Å². The van der Waals surface area contributed by atoms with Crippen LogP contribution in [0.25, 0.3) is 0 Å². The molecule has 2 fully saturated rings. The van der Waals surface area contributed by atoms with Crippen LogP contribution in [0.1, 0.15) is 35.3 Å². The lowest BCUT2D eigenvalue weighted by atomic mass is 9.89. The molecule has 34 heavy (non-hydrogen) atoms. The Bertz CT molecular complexity index is 963. The lowest BCUT2D eigenvalue weighted by molar-refractivity contribution is -0.151. The number of piperazine rings is 1. The molecule has 0 saturated carbocycles. The minimum atomic E-state index is -0.340. The summed E-state index contributed by atoms with van der Waals surface area (Å²) >= 11 is 0. The first-order valence-corrected chi connectivity index (χ1v) is 11.5. The van der Waals surface area contributed by atoms with E-state index in [1.165, 1.54) is 17.0 Å². The molecule has 0 N–H and O–H groups in total. The van der Waals surface area contributed by atoms with Gasteiger partial charge in [0, 0.05) is 30.8 Å². The van der Waals surface area contributed by atoms with Crippen LogP contribution in [0.5, 0.6) is 0 Å². The highest BCUT2D eigenvalue weighted by molar-refractivity contribution is 5.99. The van der Waals surface area contributed by atoms with Crippen LogP contribution in [-0.2, 0) is 16.1 Å². The zero-order valence-corrected chi connectivity index (χ0v) is 19.9. The fourth-order valence-electron chi connectivity index (χ4n) is 4.55. The molecule has 2 aromatic rings. The van der Waals surface area contributed by atoms with Gasteiger partial charge in [-0.15, -0.1) is 12.4 Å². The predicted octanol–water partition coefficient (Wildman–Crippen LogP) is 2.80. The van der Waals surface area contributed by atoms with E-state index in [0.29, 0.717) is 25.1 Å². The number of benzene rings is 1. The average Bonchev–Trinajstić information content (AvgIpc) is 2.82. The van der Waals surface area contributed by atoms with Crippen LogP contribution in [-0.4, -0.2) is 76.5 Å². The molecule has 1 aromatic heterocycles. The van der Waals surface area contributed by atoms with Crippen molar-refractivity contribution in [2.45, 2.75) is 25.8 Å². The lowest BCUT2D eigenvalue weighted by Crippen LogP contribution is -2.54. The average molecular weight is 489 g/mol.